The molecule has 4 nitrogen and oxygen atoms in total. The molecule has 1 rings (SSSR count). The van der Waals surface area contributed by atoms with Crippen LogP contribution in [0, 0.1) is 0 Å². The first kappa shape index (κ1) is 13.2. The molecule has 1 aromatic rings. The molecule has 14 heavy (non-hydrogen) atoms. The van der Waals surface area contributed by atoms with Gasteiger partial charge in [-0.2, -0.15) is 5.10 Å². The van der Waals surface area contributed by atoms with E-state index in [2.05, 4.69) is 30.9 Å². The number of ether oxygens (including phenoxy) is 1. The minimum Gasteiger partial charge on any atom is -0.462 e. The molecule has 0 unspecified atom stereocenters. The summed E-state index contributed by atoms with van der Waals surface area (Å²) in [5.41, 5.74) is 0.793. The zero-order valence-electron chi connectivity index (χ0n) is 8.58. The second-order valence-corrected chi connectivity index (χ2v) is 4.10. The third kappa shape index (κ3) is 7.79. The highest BCUT2D eigenvalue weighted by molar-refractivity contribution is 9.08. The molecule has 0 fully saturated rings. The normalized spacial score (nSPS) is 10.0. The molecule has 0 aliphatic rings. The zero-order chi connectivity index (χ0) is 11.0. The van der Waals surface area contributed by atoms with Gasteiger partial charge in [0.1, 0.15) is 5.60 Å². The molecule has 0 amide bonds. The second-order valence-electron chi connectivity index (χ2n) is 3.54. The van der Waals surface area contributed by atoms with E-state index >= 15 is 0 Å². The number of nitrogens with zero attached hydrogens (tertiary/aromatic N) is 1. The summed E-state index contributed by atoms with van der Waals surface area (Å²) >= 11 is 3.27. The van der Waals surface area contributed by atoms with E-state index in [0.717, 1.165) is 11.0 Å². The number of aromatic amines is 1. The number of nitrogens with one attached hydrogen (secondary N) is 1. The first-order valence-electron chi connectivity index (χ1n) is 4.15. The summed E-state index contributed by atoms with van der Waals surface area (Å²) in [4.78, 5) is 9.60. The largest absolute Gasteiger partial charge is 0.462 e. The molecule has 1 N–H and O–H groups in total. The summed E-state index contributed by atoms with van der Waals surface area (Å²) in [5.74, 6) is 0. The Labute approximate surface area is 92.2 Å². The maximum Gasteiger partial charge on any atom is 0.293 e. The SMILES string of the molecule is BrCc1ccn[nH]1.CC(C)(C)OC=O. The van der Waals surface area contributed by atoms with Gasteiger partial charge < -0.3 is 4.74 Å². The number of alkyl halides is 1. The minimum atomic E-state index is -0.318. The minimum absolute atomic E-state index is 0.318. The molecular weight excluding hydrogens is 248 g/mol. The molecule has 1 aromatic heterocycles. The van der Waals surface area contributed by atoms with Crippen molar-refractivity contribution in [3.05, 3.63) is 18.0 Å². The zero-order valence-corrected chi connectivity index (χ0v) is 10.2. The summed E-state index contributed by atoms with van der Waals surface area (Å²) in [7, 11) is 0. The van der Waals surface area contributed by atoms with E-state index in [-0.39, 0.29) is 5.60 Å². The molecule has 0 aromatic carbocycles. The van der Waals surface area contributed by atoms with Crippen LogP contribution < -0.4 is 0 Å². The molecule has 0 saturated heterocycles. The van der Waals surface area contributed by atoms with Crippen molar-refractivity contribution < 1.29 is 9.53 Å². The average Bonchev–Trinajstić information content (AvgIpc) is 2.54. The number of halogens is 1. The molecule has 0 saturated carbocycles. The Morgan fingerprint density at radius 3 is 2.43 bits per heavy atom. The lowest BCUT2D eigenvalue weighted by atomic mass is 10.2. The molecule has 5 heteroatoms. The van der Waals surface area contributed by atoms with Gasteiger partial charge in [-0.1, -0.05) is 15.9 Å². The third-order valence-corrected chi connectivity index (χ3v) is 1.71. The van der Waals surface area contributed by atoms with Crippen molar-refractivity contribution >= 4 is 22.4 Å². The first-order valence-corrected chi connectivity index (χ1v) is 5.27. The van der Waals surface area contributed by atoms with Gasteiger partial charge in [0.05, 0.1) is 0 Å². The van der Waals surface area contributed by atoms with Crippen molar-refractivity contribution in [2.24, 2.45) is 0 Å². The summed E-state index contributed by atoms with van der Waals surface area (Å²) < 4.78 is 4.55. The Hall–Kier alpha value is -0.840. The third-order valence-electron chi connectivity index (χ3n) is 1.10. The van der Waals surface area contributed by atoms with E-state index in [1.54, 1.807) is 6.20 Å². The predicted octanol–water partition coefficient (Wildman–Crippen LogP) is 2.26. The van der Waals surface area contributed by atoms with Crippen LogP contribution in [-0.4, -0.2) is 22.3 Å². The highest BCUT2D eigenvalue weighted by Gasteiger charge is 2.07. The Balaban J connectivity index is 0.000000241. The Morgan fingerprint density at radius 2 is 2.29 bits per heavy atom. The number of hydrogen-bond donors (Lipinski definition) is 1. The standard InChI is InChI=1S/C5H10O2.C4H5BrN2/c1-5(2,3)7-4-6;5-3-4-1-2-6-7-4/h4H,1-3H3;1-2H,3H2,(H,6,7). The Kier molecular flexibility index (Phi) is 6.19. The van der Waals surface area contributed by atoms with Crippen molar-refractivity contribution in [2.75, 3.05) is 0 Å². The van der Waals surface area contributed by atoms with Gasteiger partial charge >= 0.3 is 0 Å². The molecular formula is C9H15BrN2O2. The molecule has 0 bridgehead atoms. The second kappa shape index (κ2) is 6.59. The van der Waals surface area contributed by atoms with Gasteiger partial charge in [-0.25, -0.2) is 0 Å². The lowest BCUT2D eigenvalue weighted by molar-refractivity contribution is -0.138. The van der Waals surface area contributed by atoms with Crippen LogP contribution in [0.25, 0.3) is 0 Å². The van der Waals surface area contributed by atoms with Crippen LogP contribution in [-0.2, 0) is 14.9 Å². The van der Waals surface area contributed by atoms with Gasteiger partial charge in [0.25, 0.3) is 6.47 Å². The van der Waals surface area contributed by atoms with Crippen LogP contribution in [0.3, 0.4) is 0 Å². The fourth-order valence-electron chi connectivity index (χ4n) is 0.503. The van der Waals surface area contributed by atoms with E-state index in [4.69, 9.17) is 0 Å². The first-order chi connectivity index (χ1) is 6.49. The number of carbonyl (C=O) groups is 1. The fraction of sp³-hybridized carbons (Fsp3) is 0.556. The lowest BCUT2D eigenvalue weighted by Crippen LogP contribution is -2.17. The van der Waals surface area contributed by atoms with Crippen molar-refractivity contribution in [3.8, 4) is 0 Å². The van der Waals surface area contributed by atoms with Crippen LogP contribution in [0.2, 0.25) is 0 Å². The molecule has 0 aliphatic carbocycles. The van der Waals surface area contributed by atoms with Gasteiger partial charge in [0, 0.05) is 17.2 Å². The van der Waals surface area contributed by atoms with Gasteiger partial charge in [-0.05, 0) is 26.8 Å². The smallest absolute Gasteiger partial charge is 0.293 e. The predicted molar refractivity (Wildman–Crippen MR) is 58.1 cm³/mol. The number of hydrogen-bond acceptors (Lipinski definition) is 3. The average molecular weight is 263 g/mol. The highest BCUT2D eigenvalue weighted by atomic mass is 79.9. The number of aromatic nitrogens is 2. The van der Waals surface area contributed by atoms with E-state index < -0.39 is 0 Å². The number of H-pyrrole nitrogens is 1. The van der Waals surface area contributed by atoms with Crippen LogP contribution in [0.5, 0.6) is 0 Å². The van der Waals surface area contributed by atoms with Crippen LogP contribution in [0.4, 0.5) is 0 Å². The summed E-state index contributed by atoms with van der Waals surface area (Å²) in [6.07, 6.45) is 1.73. The molecule has 0 radical (unpaired) electrons. The molecule has 0 spiro atoms. The molecule has 1 heterocycles. The molecule has 0 atom stereocenters. The van der Waals surface area contributed by atoms with Crippen molar-refractivity contribution in [3.63, 3.8) is 0 Å². The summed E-state index contributed by atoms with van der Waals surface area (Å²) in [5, 5.41) is 7.38. The van der Waals surface area contributed by atoms with Crippen molar-refractivity contribution in [1.82, 2.24) is 10.2 Å². The summed E-state index contributed by atoms with van der Waals surface area (Å²) in [6.45, 7) is 5.92. The van der Waals surface area contributed by atoms with Crippen LogP contribution in [0.1, 0.15) is 26.5 Å². The van der Waals surface area contributed by atoms with E-state index in [9.17, 15) is 4.79 Å². The van der Waals surface area contributed by atoms with Crippen molar-refractivity contribution in [2.45, 2.75) is 31.7 Å². The Morgan fingerprint density at radius 1 is 1.64 bits per heavy atom. The fourth-order valence-corrected chi connectivity index (χ4v) is 0.816. The summed E-state index contributed by atoms with van der Waals surface area (Å²) in [6, 6.07) is 1.93. The number of rotatable bonds is 2. The molecule has 0 aliphatic heterocycles. The van der Waals surface area contributed by atoms with Gasteiger partial charge in [-0.15, -0.1) is 0 Å². The number of carbonyl (C=O) groups excluding carboxylic acids is 1. The maximum absolute atomic E-state index is 9.60. The van der Waals surface area contributed by atoms with Crippen LogP contribution in [0.15, 0.2) is 12.3 Å². The van der Waals surface area contributed by atoms with E-state index in [0.29, 0.717) is 6.47 Å². The van der Waals surface area contributed by atoms with Crippen molar-refractivity contribution in [1.29, 1.82) is 0 Å². The molecule has 80 valence electrons. The van der Waals surface area contributed by atoms with Gasteiger partial charge in [-0.3, -0.25) is 9.89 Å². The maximum atomic E-state index is 9.60. The van der Waals surface area contributed by atoms with E-state index in [1.807, 2.05) is 26.8 Å². The van der Waals surface area contributed by atoms with Gasteiger partial charge in [0.15, 0.2) is 0 Å². The quantitative estimate of drug-likeness (QED) is 0.657. The highest BCUT2D eigenvalue weighted by Crippen LogP contribution is 2.02. The van der Waals surface area contributed by atoms with Gasteiger partial charge in [0.2, 0.25) is 0 Å². The monoisotopic (exact) mass is 262 g/mol. The van der Waals surface area contributed by atoms with E-state index in [1.165, 1.54) is 0 Å². The topological polar surface area (TPSA) is 55.0 Å². The lowest BCUT2D eigenvalue weighted by Gasteiger charge is -2.14. The van der Waals surface area contributed by atoms with Crippen LogP contribution >= 0.6 is 15.9 Å². The Bertz CT molecular complexity index is 242.